The Balaban J connectivity index is 2.33. The van der Waals surface area contributed by atoms with Crippen LogP contribution >= 0.6 is 27.5 Å². The molecule has 1 aromatic rings. The zero-order valence-corrected chi connectivity index (χ0v) is 12.3. The highest BCUT2D eigenvalue weighted by molar-refractivity contribution is 9.10. The summed E-state index contributed by atoms with van der Waals surface area (Å²) in [7, 11) is 0. The van der Waals surface area contributed by atoms with Crippen molar-refractivity contribution in [2.75, 3.05) is 0 Å². The number of benzene rings is 1. The van der Waals surface area contributed by atoms with Crippen LogP contribution in [-0.4, -0.2) is 17.4 Å². The number of amides is 1. The molecule has 1 amide bonds. The highest BCUT2D eigenvalue weighted by atomic mass is 79.9. The van der Waals surface area contributed by atoms with Gasteiger partial charge in [0.1, 0.15) is 0 Å². The maximum atomic E-state index is 12.0. The lowest BCUT2D eigenvalue weighted by molar-refractivity contribution is -0.110. The predicted molar refractivity (Wildman–Crippen MR) is 78.6 cm³/mol. The number of nitrogens with zero attached hydrogens (tertiary/aromatic N) is 1. The summed E-state index contributed by atoms with van der Waals surface area (Å²) in [5.74, 6) is -0.589. The molecule has 0 aliphatic heterocycles. The predicted octanol–water partition coefficient (Wildman–Crippen LogP) is 3.68. The molecule has 5 heteroatoms. The minimum absolute atomic E-state index is 0.190. The van der Waals surface area contributed by atoms with Gasteiger partial charge in [0.15, 0.2) is 5.78 Å². The minimum Gasteiger partial charge on any atom is -0.290 e. The number of hydrogen-bond acceptors (Lipinski definition) is 2. The molecule has 0 aromatic heterocycles. The minimum atomic E-state index is -0.392. The van der Waals surface area contributed by atoms with E-state index < -0.39 is 5.91 Å². The molecule has 0 bridgehead atoms. The third-order valence-corrected chi connectivity index (χ3v) is 3.35. The van der Waals surface area contributed by atoms with Crippen molar-refractivity contribution >= 4 is 44.9 Å². The zero-order chi connectivity index (χ0) is 14.0. The number of carbonyl (C=O) groups excluding carboxylic acids is 2. The van der Waals surface area contributed by atoms with E-state index in [2.05, 4.69) is 20.9 Å². The fraction of sp³-hybridized carbons (Fsp3) is 0.0714. The molecule has 1 aliphatic carbocycles. The van der Waals surface area contributed by atoms with Crippen LogP contribution in [0.25, 0.3) is 0 Å². The summed E-state index contributed by atoms with van der Waals surface area (Å²) >= 11 is 9.23. The average Bonchev–Trinajstić information content (AvgIpc) is 2.34. The lowest BCUT2D eigenvalue weighted by atomic mass is 10.0. The monoisotopic (exact) mass is 337 g/mol. The van der Waals surface area contributed by atoms with Gasteiger partial charge in [0.25, 0.3) is 5.91 Å². The Morgan fingerprint density at radius 2 is 1.84 bits per heavy atom. The van der Waals surface area contributed by atoms with Crippen LogP contribution in [0.2, 0.25) is 0 Å². The molecule has 3 nitrogen and oxygen atoms in total. The SMILES string of the molecule is CC1=CC(=O)C=C(Cl)C1=NC(=O)c1ccc(Br)cc1. The molecule has 0 N–H and O–H groups in total. The maximum Gasteiger partial charge on any atom is 0.277 e. The van der Waals surface area contributed by atoms with Crippen LogP contribution < -0.4 is 0 Å². The van der Waals surface area contributed by atoms with E-state index in [0.717, 1.165) is 4.47 Å². The lowest BCUT2D eigenvalue weighted by Crippen LogP contribution is -2.12. The van der Waals surface area contributed by atoms with Crippen LogP contribution in [-0.2, 0) is 4.79 Å². The number of halogens is 2. The van der Waals surface area contributed by atoms with Gasteiger partial charge in [-0.1, -0.05) is 27.5 Å². The van der Waals surface area contributed by atoms with E-state index in [1.165, 1.54) is 12.2 Å². The molecule has 0 fully saturated rings. The first-order chi connectivity index (χ1) is 8.97. The van der Waals surface area contributed by atoms with E-state index in [0.29, 0.717) is 16.8 Å². The smallest absolute Gasteiger partial charge is 0.277 e. The summed E-state index contributed by atoms with van der Waals surface area (Å²) in [6.45, 7) is 1.70. The maximum absolute atomic E-state index is 12.0. The van der Waals surface area contributed by atoms with Crippen molar-refractivity contribution in [3.63, 3.8) is 0 Å². The Labute approximate surface area is 123 Å². The van der Waals surface area contributed by atoms with Crippen molar-refractivity contribution in [2.24, 2.45) is 4.99 Å². The molecule has 0 atom stereocenters. The first-order valence-corrected chi connectivity index (χ1v) is 6.63. The first-order valence-electron chi connectivity index (χ1n) is 5.46. The Kier molecular flexibility index (Phi) is 4.12. The van der Waals surface area contributed by atoms with Crippen LogP contribution in [0.15, 0.2) is 56.5 Å². The van der Waals surface area contributed by atoms with E-state index >= 15 is 0 Å². The number of hydrogen-bond donors (Lipinski definition) is 0. The van der Waals surface area contributed by atoms with Crippen molar-refractivity contribution in [3.8, 4) is 0 Å². The van der Waals surface area contributed by atoms with Gasteiger partial charge in [0.05, 0.1) is 10.7 Å². The average molecular weight is 339 g/mol. The standard InChI is InChI=1S/C14H9BrClNO2/c1-8-6-11(18)7-12(16)13(8)17-14(19)9-2-4-10(15)5-3-9/h2-7H,1H3. The molecule has 1 aromatic carbocycles. The third kappa shape index (κ3) is 3.28. The summed E-state index contributed by atoms with van der Waals surface area (Å²) in [4.78, 5) is 27.2. The fourth-order valence-corrected chi connectivity index (χ4v) is 2.17. The van der Waals surface area contributed by atoms with Gasteiger partial charge in [-0.25, -0.2) is 4.99 Å². The molecule has 0 saturated carbocycles. The van der Waals surface area contributed by atoms with Crippen molar-refractivity contribution in [1.29, 1.82) is 0 Å². The van der Waals surface area contributed by atoms with Gasteiger partial charge in [-0.2, -0.15) is 0 Å². The van der Waals surface area contributed by atoms with E-state index in [1.807, 2.05) is 0 Å². The topological polar surface area (TPSA) is 46.5 Å². The van der Waals surface area contributed by atoms with E-state index in [9.17, 15) is 9.59 Å². The molecule has 0 saturated heterocycles. The summed E-state index contributed by atoms with van der Waals surface area (Å²) < 4.78 is 0.883. The fourth-order valence-electron chi connectivity index (χ4n) is 1.61. The zero-order valence-electron chi connectivity index (χ0n) is 9.98. The summed E-state index contributed by atoms with van der Waals surface area (Å²) in [5, 5.41) is 0.190. The van der Waals surface area contributed by atoms with Crippen LogP contribution in [0.3, 0.4) is 0 Å². The Hall–Kier alpha value is -1.52. The first kappa shape index (κ1) is 13.9. The quantitative estimate of drug-likeness (QED) is 0.733. The van der Waals surface area contributed by atoms with Gasteiger partial charge in [-0.15, -0.1) is 0 Å². The number of allylic oxidation sites excluding steroid dienone is 4. The van der Waals surface area contributed by atoms with Gasteiger partial charge in [-0.3, -0.25) is 9.59 Å². The Morgan fingerprint density at radius 3 is 2.42 bits per heavy atom. The number of ketones is 1. The second-order valence-electron chi connectivity index (χ2n) is 3.99. The van der Waals surface area contributed by atoms with E-state index in [4.69, 9.17) is 11.6 Å². The van der Waals surface area contributed by atoms with E-state index in [-0.39, 0.29) is 10.8 Å². The van der Waals surface area contributed by atoms with E-state index in [1.54, 1.807) is 31.2 Å². The van der Waals surface area contributed by atoms with Crippen LogP contribution in [0, 0.1) is 0 Å². The summed E-state index contributed by atoms with van der Waals surface area (Å²) in [6.07, 6.45) is 2.65. The molecule has 0 heterocycles. The van der Waals surface area contributed by atoms with Crippen LogP contribution in [0.1, 0.15) is 17.3 Å². The largest absolute Gasteiger partial charge is 0.290 e. The second-order valence-corrected chi connectivity index (χ2v) is 5.32. The van der Waals surface area contributed by atoms with Crippen molar-refractivity contribution in [1.82, 2.24) is 0 Å². The molecule has 19 heavy (non-hydrogen) atoms. The molecular weight excluding hydrogens is 330 g/mol. The van der Waals surface area contributed by atoms with Crippen molar-refractivity contribution in [3.05, 3.63) is 57.1 Å². The van der Waals surface area contributed by atoms with Gasteiger partial charge in [-0.05, 0) is 42.8 Å². The Bertz CT molecular complexity index is 618. The number of carbonyl (C=O) groups is 2. The number of aliphatic imine (C=N–C) groups is 1. The molecule has 0 unspecified atom stereocenters. The second kappa shape index (κ2) is 5.63. The molecule has 2 rings (SSSR count). The third-order valence-electron chi connectivity index (χ3n) is 2.53. The highest BCUT2D eigenvalue weighted by Crippen LogP contribution is 2.19. The highest BCUT2D eigenvalue weighted by Gasteiger charge is 2.17. The number of rotatable bonds is 1. The van der Waals surface area contributed by atoms with Crippen molar-refractivity contribution in [2.45, 2.75) is 6.92 Å². The molecule has 1 aliphatic rings. The lowest BCUT2D eigenvalue weighted by Gasteiger charge is -2.09. The molecule has 0 spiro atoms. The molecule has 0 radical (unpaired) electrons. The Morgan fingerprint density at radius 1 is 1.21 bits per heavy atom. The van der Waals surface area contributed by atoms with Gasteiger partial charge in [0.2, 0.25) is 0 Å². The molecular formula is C14H9BrClNO2. The van der Waals surface area contributed by atoms with Gasteiger partial charge >= 0.3 is 0 Å². The normalized spacial score (nSPS) is 17.2. The van der Waals surface area contributed by atoms with Gasteiger partial charge < -0.3 is 0 Å². The van der Waals surface area contributed by atoms with Crippen LogP contribution in [0.5, 0.6) is 0 Å². The van der Waals surface area contributed by atoms with Crippen molar-refractivity contribution < 1.29 is 9.59 Å². The summed E-state index contributed by atoms with van der Waals surface area (Å²) in [5.41, 5.74) is 1.39. The van der Waals surface area contributed by atoms with Crippen LogP contribution in [0.4, 0.5) is 0 Å². The van der Waals surface area contributed by atoms with Gasteiger partial charge in [0, 0.05) is 16.1 Å². The molecule has 96 valence electrons. The summed E-state index contributed by atoms with van der Waals surface area (Å²) in [6, 6.07) is 6.86.